The molecule has 1 aromatic rings. The number of anilines is 1. The van der Waals surface area contributed by atoms with Gasteiger partial charge in [-0.25, -0.2) is 4.98 Å². The molecule has 1 unspecified atom stereocenters. The average Bonchev–Trinajstić information content (AvgIpc) is 2.45. The number of aromatic nitrogens is 1. The predicted molar refractivity (Wildman–Crippen MR) is 85.3 cm³/mol. The number of hydrogen-bond donors (Lipinski definition) is 2. The van der Waals surface area contributed by atoms with E-state index in [1.807, 2.05) is 13.8 Å². The van der Waals surface area contributed by atoms with Gasteiger partial charge in [0.2, 0.25) is 0 Å². The first kappa shape index (κ1) is 17.2. The first-order valence-electron chi connectivity index (χ1n) is 6.87. The first-order chi connectivity index (χ1) is 9.58. The molecule has 1 saturated heterocycles. The van der Waals surface area contributed by atoms with Crippen molar-refractivity contribution in [3.63, 3.8) is 0 Å². The highest BCUT2D eigenvalue weighted by molar-refractivity contribution is 6.41. The molecule has 0 saturated carbocycles. The monoisotopic (exact) mass is 317 g/mol. The number of rotatable bonds is 3. The second-order valence-corrected chi connectivity index (χ2v) is 5.05. The molecule has 0 radical (unpaired) electrons. The Bertz CT molecular complexity index is 460. The van der Waals surface area contributed by atoms with Gasteiger partial charge in [0.05, 0.1) is 16.4 Å². The molecule has 1 atom stereocenters. The Hall–Kier alpha value is -0.840. The third kappa shape index (κ3) is 4.62. The molecule has 2 N–H and O–H groups in total. The zero-order chi connectivity index (χ0) is 15.1. The molecule has 0 aromatic carbocycles. The van der Waals surface area contributed by atoms with E-state index in [2.05, 4.69) is 10.3 Å². The number of hydrogen-bond acceptors (Lipinski definition) is 4. The largest absolute Gasteiger partial charge is 0.359 e. The Morgan fingerprint density at radius 3 is 2.65 bits per heavy atom. The van der Waals surface area contributed by atoms with Gasteiger partial charge in [0.25, 0.3) is 0 Å². The Morgan fingerprint density at radius 1 is 1.40 bits per heavy atom. The van der Waals surface area contributed by atoms with Crippen LogP contribution < -0.4 is 5.32 Å². The molecule has 2 rings (SSSR count). The van der Waals surface area contributed by atoms with Gasteiger partial charge in [-0.05, 0) is 32.3 Å². The maximum atomic E-state index is 7.72. The normalized spacial score (nSPS) is 17.9. The lowest BCUT2D eigenvalue weighted by Crippen LogP contribution is -2.28. The molecule has 1 fully saturated rings. The summed E-state index contributed by atoms with van der Waals surface area (Å²) in [6.07, 6.45) is 3.12. The van der Waals surface area contributed by atoms with E-state index in [9.17, 15) is 0 Å². The average molecular weight is 318 g/mol. The van der Waals surface area contributed by atoms with E-state index < -0.39 is 0 Å². The van der Waals surface area contributed by atoms with Gasteiger partial charge in [0.1, 0.15) is 17.1 Å². The van der Waals surface area contributed by atoms with Crippen LogP contribution in [0.4, 0.5) is 5.69 Å². The van der Waals surface area contributed by atoms with Gasteiger partial charge in [-0.15, -0.1) is 0 Å². The van der Waals surface area contributed by atoms with E-state index in [4.69, 9.17) is 33.3 Å². The molecule has 1 aromatic heterocycles. The van der Waals surface area contributed by atoms with E-state index >= 15 is 0 Å². The predicted octanol–water partition coefficient (Wildman–Crippen LogP) is 4.74. The van der Waals surface area contributed by atoms with Gasteiger partial charge < -0.3 is 15.5 Å². The van der Waals surface area contributed by atoms with Crippen molar-refractivity contribution < 1.29 is 4.74 Å². The molecular formula is C14H21Cl2N3O. The Labute approximate surface area is 130 Å². The smallest absolute Gasteiger partial charge is 0.148 e. The molecule has 0 bridgehead atoms. The number of halogens is 2. The summed E-state index contributed by atoms with van der Waals surface area (Å²) in [5.41, 5.74) is 1.55. The maximum Gasteiger partial charge on any atom is 0.148 e. The minimum absolute atomic E-state index is 0.0455. The third-order valence-electron chi connectivity index (χ3n) is 2.78. The zero-order valence-electron chi connectivity index (χ0n) is 12.1. The molecular weight excluding hydrogens is 297 g/mol. The molecule has 112 valence electrons. The van der Waals surface area contributed by atoms with Crippen LogP contribution in [0.2, 0.25) is 10.2 Å². The second kappa shape index (κ2) is 8.45. The molecule has 6 heteroatoms. The van der Waals surface area contributed by atoms with Gasteiger partial charge in [-0.1, -0.05) is 37.0 Å². The topological polar surface area (TPSA) is 58.0 Å². The number of nitrogens with zero attached hydrogens (tertiary/aromatic N) is 1. The summed E-state index contributed by atoms with van der Waals surface area (Å²) in [6, 6.07) is 1.70. The van der Waals surface area contributed by atoms with Gasteiger partial charge in [-0.3, -0.25) is 0 Å². The van der Waals surface area contributed by atoms with Crippen molar-refractivity contribution in [1.82, 2.24) is 4.98 Å². The van der Waals surface area contributed by atoms with E-state index in [0.717, 1.165) is 25.9 Å². The maximum absolute atomic E-state index is 7.72. The summed E-state index contributed by atoms with van der Waals surface area (Å²) < 4.78 is 5.60. The summed E-state index contributed by atoms with van der Waals surface area (Å²) >= 11 is 11.8. The van der Waals surface area contributed by atoms with Crippen molar-refractivity contribution in [1.29, 1.82) is 5.41 Å². The highest BCUT2D eigenvalue weighted by Crippen LogP contribution is 2.27. The van der Waals surface area contributed by atoms with Crippen LogP contribution in [-0.4, -0.2) is 23.5 Å². The standard InChI is InChI=1S/C12H15Cl2N3O.C2H6/c1-7(15)11-9(6-8(13)12(14)17-11)16-10-4-2-3-5-18-10;1-2/h6,10,15-16H,2-5H2,1H3;1-2H3. The van der Waals surface area contributed by atoms with Crippen molar-refractivity contribution in [2.75, 3.05) is 11.9 Å². The van der Waals surface area contributed by atoms with Crippen molar-refractivity contribution in [3.05, 3.63) is 21.9 Å². The zero-order valence-corrected chi connectivity index (χ0v) is 13.6. The quantitative estimate of drug-likeness (QED) is 0.625. The summed E-state index contributed by atoms with van der Waals surface area (Å²) in [6.45, 7) is 6.42. The Balaban J connectivity index is 0.000000956. The lowest BCUT2D eigenvalue weighted by atomic mass is 10.1. The summed E-state index contributed by atoms with van der Waals surface area (Å²) in [4.78, 5) is 4.13. The van der Waals surface area contributed by atoms with Crippen molar-refractivity contribution in [2.45, 2.75) is 46.3 Å². The van der Waals surface area contributed by atoms with E-state index in [0.29, 0.717) is 22.1 Å². The molecule has 1 aliphatic rings. The van der Waals surface area contributed by atoms with Crippen LogP contribution in [0.25, 0.3) is 0 Å². The van der Waals surface area contributed by atoms with Crippen LogP contribution in [0, 0.1) is 5.41 Å². The Morgan fingerprint density at radius 2 is 2.10 bits per heavy atom. The van der Waals surface area contributed by atoms with Crippen LogP contribution >= 0.6 is 23.2 Å². The van der Waals surface area contributed by atoms with Crippen LogP contribution in [0.3, 0.4) is 0 Å². The molecule has 20 heavy (non-hydrogen) atoms. The fourth-order valence-electron chi connectivity index (χ4n) is 1.89. The highest BCUT2D eigenvalue weighted by Gasteiger charge is 2.17. The van der Waals surface area contributed by atoms with Gasteiger partial charge in [-0.2, -0.15) is 0 Å². The number of ether oxygens (including phenoxy) is 1. The molecule has 1 aliphatic heterocycles. The molecule has 4 nitrogen and oxygen atoms in total. The molecule has 2 heterocycles. The van der Waals surface area contributed by atoms with E-state index in [1.54, 1.807) is 13.0 Å². The van der Waals surface area contributed by atoms with Crippen molar-refractivity contribution in [3.8, 4) is 0 Å². The number of nitrogens with one attached hydrogen (secondary N) is 2. The lowest BCUT2D eigenvalue weighted by molar-refractivity contribution is 0.0343. The minimum atomic E-state index is -0.0455. The van der Waals surface area contributed by atoms with Crippen molar-refractivity contribution >= 4 is 34.6 Å². The molecule has 0 amide bonds. The van der Waals surface area contributed by atoms with Crippen LogP contribution in [0.5, 0.6) is 0 Å². The summed E-state index contributed by atoms with van der Waals surface area (Å²) in [5.74, 6) is 0. The van der Waals surface area contributed by atoms with Gasteiger partial charge in [0, 0.05) is 6.61 Å². The Kier molecular flexibility index (Phi) is 7.27. The summed E-state index contributed by atoms with van der Waals surface area (Å²) in [7, 11) is 0. The minimum Gasteiger partial charge on any atom is -0.359 e. The van der Waals surface area contributed by atoms with Crippen LogP contribution in [-0.2, 0) is 4.74 Å². The fourth-order valence-corrected chi connectivity index (χ4v) is 2.18. The molecule has 0 aliphatic carbocycles. The molecule has 0 spiro atoms. The van der Waals surface area contributed by atoms with Gasteiger partial charge in [0.15, 0.2) is 0 Å². The van der Waals surface area contributed by atoms with E-state index in [1.165, 1.54) is 0 Å². The first-order valence-corrected chi connectivity index (χ1v) is 7.63. The SMILES string of the molecule is CC.CC(=N)c1nc(Cl)c(Cl)cc1NC1CCCCO1. The third-order valence-corrected chi connectivity index (χ3v) is 3.46. The fraction of sp³-hybridized carbons (Fsp3) is 0.571. The van der Waals surface area contributed by atoms with Crippen molar-refractivity contribution in [2.24, 2.45) is 0 Å². The highest BCUT2D eigenvalue weighted by atomic mass is 35.5. The van der Waals surface area contributed by atoms with Crippen LogP contribution in [0.1, 0.15) is 45.7 Å². The summed E-state index contributed by atoms with van der Waals surface area (Å²) in [5, 5.41) is 11.5. The van der Waals surface area contributed by atoms with E-state index in [-0.39, 0.29) is 11.4 Å². The number of pyridine rings is 1. The van der Waals surface area contributed by atoms with Crippen LogP contribution in [0.15, 0.2) is 6.07 Å². The lowest BCUT2D eigenvalue weighted by Gasteiger charge is -2.25. The second-order valence-electron chi connectivity index (χ2n) is 4.28. The van der Waals surface area contributed by atoms with Gasteiger partial charge >= 0.3 is 0 Å².